The maximum atomic E-state index is 12.6. The third-order valence-corrected chi connectivity index (χ3v) is 4.54. The molecule has 2 aliphatic heterocycles. The number of hydrogen-bond donors (Lipinski definition) is 2. The maximum absolute atomic E-state index is 12.6. The van der Waals surface area contributed by atoms with Gasteiger partial charge >= 0.3 is 12.0 Å². The Labute approximate surface area is 117 Å². The molecule has 3 rings (SSSR count). The van der Waals surface area contributed by atoms with E-state index in [1.54, 1.807) is 4.90 Å². The van der Waals surface area contributed by atoms with Crippen molar-refractivity contribution in [3.05, 3.63) is 0 Å². The molecule has 3 aliphatic rings. The van der Waals surface area contributed by atoms with E-state index in [-0.39, 0.29) is 31.1 Å². The highest BCUT2D eigenvalue weighted by molar-refractivity contribution is 5.83. The average molecular weight is 284 g/mol. The fraction of sp³-hybridized carbons (Fsp3) is 0.846. The summed E-state index contributed by atoms with van der Waals surface area (Å²) in [6.07, 6.45) is 2.34. The number of carbonyl (C=O) groups excluding carboxylic acids is 1. The smallest absolute Gasteiger partial charge is 0.326 e. The van der Waals surface area contributed by atoms with E-state index >= 15 is 0 Å². The second-order valence-electron chi connectivity index (χ2n) is 5.78. The van der Waals surface area contributed by atoms with Crippen LogP contribution < -0.4 is 0 Å². The van der Waals surface area contributed by atoms with E-state index in [1.165, 1.54) is 4.90 Å². The second kappa shape index (κ2) is 5.21. The summed E-state index contributed by atoms with van der Waals surface area (Å²) in [5.74, 6) is -1.05. The Morgan fingerprint density at radius 2 is 2.00 bits per heavy atom. The van der Waals surface area contributed by atoms with Crippen molar-refractivity contribution in [2.45, 2.75) is 50.0 Å². The Bertz CT molecular complexity index is 416. The molecule has 0 aromatic carbocycles. The SMILES string of the molecule is O=C(O)[C@@H]1CC(O)CN1C(=O)N1CCOC2CCCC21. The zero-order chi connectivity index (χ0) is 14.3. The Balaban J connectivity index is 1.75. The van der Waals surface area contributed by atoms with E-state index in [9.17, 15) is 19.8 Å². The molecule has 0 spiro atoms. The minimum atomic E-state index is -1.05. The predicted octanol–water partition coefficient (Wildman–Crippen LogP) is -0.120. The lowest BCUT2D eigenvalue weighted by Gasteiger charge is -2.40. The van der Waals surface area contributed by atoms with Crippen LogP contribution in [0.2, 0.25) is 0 Å². The van der Waals surface area contributed by atoms with Crippen LogP contribution in [0.1, 0.15) is 25.7 Å². The number of fused-ring (bicyclic) bond motifs is 1. The highest BCUT2D eigenvalue weighted by atomic mass is 16.5. The van der Waals surface area contributed by atoms with Crippen LogP contribution in [0.15, 0.2) is 0 Å². The van der Waals surface area contributed by atoms with Crippen LogP contribution in [0.25, 0.3) is 0 Å². The molecule has 2 amide bonds. The molecule has 0 aromatic rings. The Morgan fingerprint density at radius 3 is 2.75 bits per heavy atom. The molecule has 7 nitrogen and oxygen atoms in total. The minimum absolute atomic E-state index is 0.0587. The van der Waals surface area contributed by atoms with Gasteiger partial charge in [-0.3, -0.25) is 0 Å². The van der Waals surface area contributed by atoms with Gasteiger partial charge in [0.2, 0.25) is 0 Å². The van der Waals surface area contributed by atoms with Crippen LogP contribution in [0.5, 0.6) is 0 Å². The number of ether oxygens (including phenoxy) is 1. The molecule has 1 aliphatic carbocycles. The molecule has 2 heterocycles. The summed E-state index contributed by atoms with van der Waals surface area (Å²) in [4.78, 5) is 26.9. The molecule has 0 bridgehead atoms. The fourth-order valence-corrected chi connectivity index (χ4v) is 3.59. The summed E-state index contributed by atoms with van der Waals surface area (Å²) in [5, 5.41) is 18.8. The molecule has 4 atom stereocenters. The number of rotatable bonds is 1. The van der Waals surface area contributed by atoms with Gasteiger partial charge in [0.25, 0.3) is 0 Å². The normalized spacial score (nSPS) is 37.0. The molecule has 0 radical (unpaired) electrons. The summed E-state index contributed by atoms with van der Waals surface area (Å²) in [6.45, 7) is 1.10. The van der Waals surface area contributed by atoms with Gasteiger partial charge in [-0.15, -0.1) is 0 Å². The summed E-state index contributed by atoms with van der Waals surface area (Å²) < 4.78 is 5.66. The van der Waals surface area contributed by atoms with Gasteiger partial charge in [-0.05, 0) is 19.3 Å². The van der Waals surface area contributed by atoms with Crippen LogP contribution in [0, 0.1) is 0 Å². The van der Waals surface area contributed by atoms with Crippen molar-refractivity contribution in [2.75, 3.05) is 19.7 Å². The molecule has 3 fully saturated rings. The lowest BCUT2D eigenvalue weighted by Crippen LogP contribution is -2.57. The zero-order valence-corrected chi connectivity index (χ0v) is 11.3. The van der Waals surface area contributed by atoms with Crippen LogP contribution in [0.4, 0.5) is 4.79 Å². The summed E-state index contributed by atoms with van der Waals surface area (Å²) in [7, 11) is 0. The molecule has 112 valence electrons. The molecule has 1 saturated carbocycles. The van der Waals surface area contributed by atoms with Crippen molar-refractivity contribution in [1.82, 2.24) is 9.80 Å². The van der Waals surface area contributed by atoms with Crippen molar-refractivity contribution >= 4 is 12.0 Å². The van der Waals surface area contributed by atoms with Crippen molar-refractivity contribution in [3.63, 3.8) is 0 Å². The number of amides is 2. The van der Waals surface area contributed by atoms with E-state index in [0.717, 1.165) is 19.3 Å². The number of nitrogens with zero attached hydrogens (tertiary/aromatic N) is 2. The minimum Gasteiger partial charge on any atom is -0.480 e. The first-order valence-corrected chi connectivity index (χ1v) is 7.17. The number of aliphatic hydroxyl groups excluding tert-OH is 1. The fourth-order valence-electron chi connectivity index (χ4n) is 3.59. The van der Waals surface area contributed by atoms with Crippen molar-refractivity contribution in [1.29, 1.82) is 0 Å². The highest BCUT2D eigenvalue weighted by Gasteiger charge is 2.45. The van der Waals surface area contributed by atoms with Gasteiger partial charge in [0, 0.05) is 19.5 Å². The Hall–Kier alpha value is -1.34. The number of carboxylic acid groups (broad SMARTS) is 1. The van der Waals surface area contributed by atoms with Crippen molar-refractivity contribution in [3.8, 4) is 0 Å². The standard InChI is InChI=1S/C13H20N2O5/c16-8-6-10(12(17)18)15(7-8)13(19)14-4-5-20-11-3-1-2-9(11)14/h8-11,16H,1-7H2,(H,17,18)/t8?,9?,10-,11?/m0/s1. The van der Waals surface area contributed by atoms with Gasteiger partial charge in [-0.25, -0.2) is 9.59 Å². The van der Waals surface area contributed by atoms with Crippen LogP contribution in [0.3, 0.4) is 0 Å². The average Bonchev–Trinajstić information content (AvgIpc) is 3.03. The maximum Gasteiger partial charge on any atom is 0.326 e. The molecule has 7 heteroatoms. The van der Waals surface area contributed by atoms with Gasteiger partial charge in [0.1, 0.15) is 6.04 Å². The van der Waals surface area contributed by atoms with Gasteiger partial charge in [0.15, 0.2) is 0 Å². The number of urea groups is 1. The number of morpholine rings is 1. The van der Waals surface area contributed by atoms with E-state index in [1.807, 2.05) is 0 Å². The molecular weight excluding hydrogens is 264 g/mol. The van der Waals surface area contributed by atoms with Gasteiger partial charge in [0.05, 0.1) is 24.9 Å². The summed E-state index contributed by atoms with van der Waals surface area (Å²) in [5.41, 5.74) is 0. The molecule has 20 heavy (non-hydrogen) atoms. The lowest BCUT2D eigenvalue weighted by molar-refractivity contribution is -0.141. The van der Waals surface area contributed by atoms with Crippen molar-refractivity contribution < 1.29 is 24.5 Å². The van der Waals surface area contributed by atoms with E-state index in [4.69, 9.17) is 4.74 Å². The highest BCUT2D eigenvalue weighted by Crippen LogP contribution is 2.31. The van der Waals surface area contributed by atoms with E-state index < -0.39 is 18.1 Å². The summed E-state index contributed by atoms with van der Waals surface area (Å²) >= 11 is 0. The van der Waals surface area contributed by atoms with Gasteiger partial charge in [-0.2, -0.15) is 0 Å². The Kier molecular flexibility index (Phi) is 3.55. The third-order valence-electron chi connectivity index (χ3n) is 4.54. The number of aliphatic hydroxyl groups is 1. The monoisotopic (exact) mass is 284 g/mol. The third kappa shape index (κ3) is 2.25. The lowest BCUT2D eigenvalue weighted by atomic mass is 10.1. The number of carboxylic acids is 1. The number of hydrogen-bond acceptors (Lipinski definition) is 4. The Morgan fingerprint density at radius 1 is 1.20 bits per heavy atom. The molecular formula is C13H20N2O5. The number of β-amino-alcohol motifs (C(OH)–C–C–N with tert-alkyl or cyclic N) is 1. The van der Waals surface area contributed by atoms with Gasteiger partial charge < -0.3 is 24.7 Å². The molecule has 2 saturated heterocycles. The number of carbonyl (C=O) groups is 2. The first-order chi connectivity index (χ1) is 9.58. The quantitative estimate of drug-likeness (QED) is 0.700. The topological polar surface area (TPSA) is 90.3 Å². The largest absolute Gasteiger partial charge is 0.480 e. The number of aliphatic carboxylic acids is 1. The van der Waals surface area contributed by atoms with Crippen molar-refractivity contribution in [2.24, 2.45) is 0 Å². The predicted molar refractivity (Wildman–Crippen MR) is 68.2 cm³/mol. The molecule has 0 aromatic heterocycles. The molecule has 3 unspecified atom stereocenters. The zero-order valence-electron chi connectivity index (χ0n) is 11.3. The molecule has 2 N–H and O–H groups in total. The van der Waals surface area contributed by atoms with Crippen LogP contribution in [-0.2, 0) is 9.53 Å². The first-order valence-electron chi connectivity index (χ1n) is 7.17. The summed E-state index contributed by atoms with van der Waals surface area (Å²) in [6, 6.07) is -1.13. The second-order valence-corrected chi connectivity index (χ2v) is 5.78. The number of likely N-dealkylation sites (tertiary alicyclic amines) is 1. The van der Waals surface area contributed by atoms with Crippen LogP contribution >= 0.6 is 0 Å². The van der Waals surface area contributed by atoms with Gasteiger partial charge in [-0.1, -0.05) is 0 Å². The van der Waals surface area contributed by atoms with Crippen LogP contribution in [-0.4, -0.2) is 76.0 Å². The van der Waals surface area contributed by atoms with E-state index in [2.05, 4.69) is 0 Å². The van der Waals surface area contributed by atoms with E-state index in [0.29, 0.717) is 13.2 Å². The first kappa shape index (κ1) is 13.6.